The molecule has 0 fully saturated rings. The fourth-order valence-corrected chi connectivity index (χ4v) is 5.59. The minimum absolute atomic E-state index is 1.07. The first kappa shape index (κ1) is 20.8. The zero-order chi connectivity index (χ0) is 25.1. The minimum Gasteiger partial charge on any atom is -0.306 e. The van der Waals surface area contributed by atoms with Gasteiger partial charge >= 0.3 is 0 Å². The number of benzene rings is 2. The monoisotopic (exact) mass is 488 g/mol. The molecule has 38 heavy (non-hydrogen) atoms. The van der Waals surface area contributed by atoms with Gasteiger partial charge in [-0.15, -0.1) is 0 Å². The lowest BCUT2D eigenvalue weighted by Crippen LogP contribution is -1.95. The predicted octanol–water partition coefficient (Wildman–Crippen LogP) is 7.13. The third kappa shape index (κ3) is 3.01. The van der Waals surface area contributed by atoms with Crippen molar-refractivity contribution in [1.29, 1.82) is 0 Å². The highest BCUT2D eigenvalue weighted by Gasteiger charge is 2.14. The molecule has 0 amide bonds. The van der Waals surface area contributed by atoms with E-state index in [0.29, 0.717) is 0 Å². The second kappa shape index (κ2) is 8.08. The summed E-state index contributed by atoms with van der Waals surface area (Å²) in [6.45, 7) is 0. The lowest BCUT2D eigenvalue weighted by Gasteiger charge is -2.10. The van der Waals surface area contributed by atoms with Crippen LogP contribution in [0, 0.1) is 0 Å². The summed E-state index contributed by atoms with van der Waals surface area (Å²) in [7, 11) is 0. The Hall–Kier alpha value is -5.36. The number of nitrogens with zero attached hydrogens (tertiary/aromatic N) is 6. The second-order valence-corrected chi connectivity index (χ2v) is 9.34. The number of pyridine rings is 4. The highest BCUT2D eigenvalue weighted by molar-refractivity contribution is 6.09. The van der Waals surface area contributed by atoms with Crippen LogP contribution in [0.5, 0.6) is 0 Å². The van der Waals surface area contributed by atoms with Crippen LogP contribution < -0.4 is 0 Å². The Bertz CT molecular complexity index is 1860. The number of hydrogen-bond donors (Lipinski definition) is 0. The standard InChI is InChI=1S/C32H20N6/c1-5-23(37-29-17-33-13-9-25(29)26-10-14-34-18-30(26)37)6-2-21(1)22-3-7-24(8-4-22)38-31-19-35-15-11-27(31)28-12-16-36-20-32(28)38/h1-20H. The molecule has 178 valence electrons. The first-order valence-electron chi connectivity index (χ1n) is 12.4. The molecule has 6 heterocycles. The molecule has 0 radical (unpaired) electrons. The van der Waals surface area contributed by atoms with E-state index in [4.69, 9.17) is 0 Å². The van der Waals surface area contributed by atoms with Crippen LogP contribution in [0.3, 0.4) is 0 Å². The Morgan fingerprint density at radius 1 is 0.342 bits per heavy atom. The molecule has 0 saturated carbocycles. The summed E-state index contributed by atoms with van der Waals surface area (Å²) >= 11 is 0. The van der Waals surface area contributed by atoms with E-state index in [1.165, 1.54) is 21.5 Å². The van der Waals surface area contributed by atoms with E-state index in [9.17, 15) is 0 Å². The van der Waals surface area contributed by atoms with Gasteiger partial charge in [0.2, 0.25) is 0 Å². The normalized spacial score (nSPS) is 11.7. The smallest absolute Gasteiger partial charge is 0.0725 e. The Morgan fingerprint density at radius 2 is 0.632 bits per heavy atom. The second-order valence-electron chi connectivity index (χ2n) is 9.34. The van der Waals surface area contributed by atoms with Crippen molar-refractivity contribution >= 4 is 43.6 Å². The maximum absolute atomic E-state index is 4.38. The van der Waals surface area contributed by atoms with Crippen LogP contribution in [0.1, 0.15) is 0 Å². The van der Waals surface area contributed by atoms with Crippen LogP contribution in [-0.4, -0.2) is 29.1 Å². The van der Waals surface area contributed by atoms with Gasteiger partial charge in [-0.05, 0) is 59.7 Å². The van der Waals surface area contributed by atoms with Gasteiger partial charge in [0.05, 0.1) is 46.9 Å². The third-order valence-electron chi connectivity index (χ3n) is 7.33. The SMILES string of the molecule is c1cc2c3ccncc3n(-c3ccc(-c4ccc(-n5c6cnccc6c6ccncc65)cc4)cc3)c2cn1. The molecule has 0 N–H and O–H groups in total. The number of fused-ring (bicyclic) bond motifs is 6. The van der Waals surface area contributed by atoms with Crippen molar-refractivity contribution in [3.63, 3.8) is 0 Å². The number of hydrogen-bond acceptors (Lipinski definition) is 4. The van der Waals surface area contributed by atoms with Crippen molar-refractivity contribution in [3.8, 4) is 22.5 Å². The van der Waals surface area contributed by atoms with Crippen molar-refractivity contribution in [2.45, 2.75) is 0 Å². The summed E-state index contributed by atoms with van der Waals surface area (Å²) in [5.41, 5.74) is 8.76. The summed E-state index contributed by atoms with van der Waals surface area (Å²) in [5.74, 6) is 0. The molecule has 8 aromatic rings. The largest absolute Gasteiger partial charge is 0.306 e. The van der Waals surface area contributed by atoms with E-state index in [0.717, 1.165) is 44.6 Å². The van der Waals surface area contributed by atoms with Gasteiger partial charge in [0, 0.05) is 57.7 Å². The average molecular weight is 489 g/mol. The Kier molecular flexibility index (Phi) is 4.42. The van der Waals surface area contributed by atoms with Crippen molar-refractivity contribution in [2.24, 2.45) is 0 Å². The van der Waals surface area contributed by atoms with Crippen molar-refractivity contribution in [3.05, 3.63) is 122 Å². The molecule has 0 bridgehead atoms. The van der Waals surface area contributed by atoms with Gasteiger partial charge in [0.25, 0.3) is 0 Å². The molecule has 6 heteroatoms. The summed E-state index contributed by atoms with van der Waals surface area (Å²) < 4.78 is 4.45. The van der Waals surface area contributed by atoms with E-state index in [1.54, 1.807) is 0 Å². The third-order valence-corrected chi connectivity index (χ3v) is 7.33. The maximum Gasteiger partial charge on any atom is 0.0725 e. The van der Waals surface area contributed by atoms with Gasteiger partial charge in [0.15, 0.2) is 0 Å². The Labute approximate surface area is 217 Å². The molecule has 0 atom stereocenters. The van der Waals surface area contributed by atoms with Crippen molar-refractivity contribution in [2.75, 3.05) is 0 Å². The zero-order valence-electron chi connectivity index (χ0n) is 20.2. The van der Waals surface area contributed by atoms with E-state index in [2.05, 4.69) is 102 Å². The van der Waals surface area contributed by atoms with Gasteiger partial charge in [-0.2, -0.15) is 0 Å². The highest BCUT2D eigenvalue weighted by atomic mass is 15.0. The van der Waals surface area contributed by atoms with Gasteiger partial charge in [-0.3, -0.25) is 19.9 Å². The van der Waals surface area contributed by atoms with Crippen LogP contribution in [0.2, 0.25) is 0 Å². The van der Waals surface area contributed by atoms with Gasteiger partial charge in [0.1, 0.15) is 0 Å². The van der Waals surface area contributed by atoms with Crippen molar-refractivity contribution in [1.82, 2.24) is 29.1 Å². The quantitative estimate of drug-likeness (QED) is 0.265. The number of aromatic nitrogens is 6. The molecule has 8 rings (SSSR count). The van der Waals surface area contributed by atoms with Gasteiger partial charge < -0.3 is 9.13 Å². The summed E-state index contributed by atoms with van der Waals surface area (Å²) in [6.07, 6.45) is 15.0. The summed E-state index contributed by atoms with van der Waals surface area (Å²) in [5, 5.41) is 4.69. The zero-order valence-corrected chi connectivity index (χ0v) is 20.2. The lowest BCUT2D eigenvalue weighted by atomic mass is 10.0. The molecular weight excluding hydrogens is 468 g/mol. The molecule has 0 unspecified atom stereocenters. The first-order valence-corrected chi connectivity index (χ1v) is 12.4. The van der Waals surface area contributed by atoms with Crippen LogP contribution in [0.15, 0.2) is 122 Å². The van der Waals surface area contributed by atoms with E-state index in [-0.39, 0.29) is 0 Å². The molecule has 2 aromatic carbocycles. The minimum atomic E-state index is 1.07. The fourth-order valence-electron chi connectivity index (χ4n) is 5.59. The average Bonchev–Trinajstić information content (AvgIpc) is 3.51. The van der Waals surface area contributed by atoms with Gasteiger partial charge in [-0.1, -0.05) is 24.3 Å². The molecule has 6 aromatic heterocycles. The molecule has 0 spiro atoms. The molecular formula is C32H20N6. The Balaban J connectivity index is 1.20. The Morgan fingerprint density at radius 3 is 0.921 bits per heavy atom. The predicted molar refractivity (Wildman–Crippen MR) is 152 cm³/mol. The topological polar surface area (TPSA) is 61.4 Å². The van der Waals surface area contributed by atoms with Crippen LogP contribution in [-0.2, 0) is 0 Å². The fraction of sp³-hybridized carbons (Fsp3) is 0. The highest BCUT2D eigenvalue weighted by Crippen LogP contribution is 2.33. The molecule has 6 nitrogen and oxygen atoms in total. The number of rotatable bonds is 3. The first-order chi connectivity index (χ1) is 18.9. The van der Waals surface area contributed by atoms with E-state index >= 15 is 0 Å². The summed E-state index contributed by atoms with van der Waals surface area (Å²) in [6, 6.07) is 25.6. The van der Waals surface area contributed by atoms with Crippen LogP contribution in [0.25, 0.3) is 66.1 Å². The van der Waals surface area contributed by atoms with Crippen molar-refractivity contribution < 1.29 is 0 Å². The van der Waals surface area contributed by atoms with Crippen LogP contribution in [0.4, 0.5) is 0 Å². The molecule has 0 aliphatic heterocycles. The lowest BCUT2D eigenvalue weighted by molar-refractivity contribution is 1.15. The van der Waals surface area contributed by atoms with Gasteiger partial charge in [-0.25, -0.2) is 0 Å². The molecule has 0 saturated heterocycles. The molecule has 0 aliphatic carbocycles. The summed E-state index contributed by atoms with van der Waals surface area (Å²) in [4.78, 5) is 17.5. The molecule has 0 aliphatic rings. The van der Waals surface area contributed by atoms with Crippen LogP contribution >= 0.6 is 0 Å². The van der Waals surface area contributed by atoms with E-state index < -0.39 is 0 Å². The van der Waals surface area contributed by atoms with E-state index in [1.807, 2.05) is 49.6 Å². The maximum atomic E-state index is 4.38.